The third-order valence-electron chi connectivity index (χ3n) is 9.91. The van der Waals surface area contributed by atoms with Gasteiger partial charge in [-0.25, -0.2) is 9.78 Å². The molecule has 0 radical (unpaired) electrons. The van der Waals surface area contributed by atoms with Crippen molar-refractivity contribution in [2.24, 2.45) is 21.7 Å². The molecular weight excluding hydrogens is 624 g/mol. The van der Waals surface area contributed by atoms with Crippen LogP contribution < -0.4 is 0 Å². The van der Waals surface area contributed by atoms with Gasteiger partial charge in [0, 0.05) is 33.1 Å². The van der Waals surface area contributed by atoms with E-state index in [-0.39, 0.29) is 36.3 Å². The minimum atomic E-state index is -1.03. The SMILES string of the molecule is CC(C)(CCC(C)(COOCC(C)(CCC(C)(C)C(=O)c1ccccc1)C(=O)c1ccccc1)C(=O)c1ccccc1)C(=O)c1ccccc1. The molecule has 6 heteroatoms. The summed E-state index contributed by atoms with van der Waals surface area (Å²) in [6.07, 6.45) is 1.61. The van der Waals surface area contributed by atoms with E-state index in [0.717, 1.165) is 0 Å². The molecule has 4 aromatic carbocycles. The lowest BCUT2D eigenvalue weighted by Crippen LogP contribution is -2.38. The fraction of sp³-hybridized carbons (Fsp3) is 0.364. The molecule has 0 bridgehead atoms. The maximum absolute atomic E-state index is 14.0. The molecule has 0 saturated heterocycles. The quantitative estimate of drug-likeness (QED) is 0.0426. The molecule has 0 fully saturated rings. The standard InChI is InChI=1S/C44H50O6/c1-41(2,37(45)33-19-11-7-12-20-33)27-29-43(5,39(47)35-23-15-9-16-24-35)31-49-50-32-44(6,40(48)36-25-17-10-18-26-36)30-28-42(3,4)38(46)34-21-13-8-14-22-34/h7-26H,27-32H2,1-6H3. The summed E-state index contributed by atoms with van der Waals surface area (Å²) in [5.74, 6) is -0.217. The Kier molecular flexibility index (Phi) is 12.6. The highest BCUT2D eigenvalue weighted by atomic mass is 17.2. The summed E-state index contributed by atoms with van der Waals surface area (Å²) in [5, 5.41) is 0. The molecule has 2 unspecified atom stereocenters. The molecule has 6 nitrogen and oxygen atoms in total. The molecule has 0 aliphatic heterocycles. The average Bonchev–Trinajstić information content (AvgIpc) is 3.15. The Morgan fingerprint density at radius 3 is 0.880 bits per heavy atom. The Balaban J connectivity index is 1.51. The van der Waals surface area contributed by atoms with Gasteiger partial charge >= 0.3 is 0 Å². The predicted octanol–water partition coefficient (Wildman–Crippen LogP) is 10.1. The third-order valence-corrected chi connectivity index (χ3v) is 9.91. The van der Waals surface area contributed by atoms with E-state index in [0.29, 0.717) is 47.9 Å². The van der Waals surface area contributed by atoms with Crippen molar-refractivity contribution >= 4 is 23.1 Å². The van der Waals surface area contributed by atoms with E-state index < -0.39 is 21.7 Å². The summed E-state index contributed by atoms with van der Waals surface area (Å²) in [7, 11) is 0. The molecule has 0 heterocycles. The summed E-state index contributed by atoms with van der Waals surface area (Å²) in [5.41, 5.74) is -1.18. The number of hydrogen-bond donors (Lipinski definition) is 0. The van der Waals surface area contributed by atoms with Crippen molar-refractivity contribution in [3.05, 3.63) is 144 Å². The minimum absolute atomic E-state index is 0.00800. The van der Waals surface area contributed by atoms with Crippen LogP contribution in [-0.4, -0.2) is 36.3 Å². The van der Waals surface area contributed by atoms with Crippen molar-refractivity contribution in [3.63, 3.8) is 0 Å². The zero-order chi connectivity index (χ0) is 36.4. The van der Waals surface area contributed by atoms with Gasteiger partial charge in [0.2, 0.25) is 0 Å². The van der Waals surface area contributed by atoms with Gasteiger partial charge in [-0.1, -0.05) is 149 Å². The number of ketones is 4. The Bertz CT molecular complexity index is 1600. The van der Waals surface area contributed by atoms with Crippen LogP contribution in [0.2, 0.25) is 0 Å². The molecule has 0 spiro atoms. The average molecular weight is 675 g/mol. The van der Waals surface area contributed by atoms with Crippen molar-refractivity contribution in [2.45, 2.75) is 67.2 Å². The molecule has 4 rings (SSSR count). The molecule has 0 saturated carbocycles. The predicted molar refractivity (Wildman–Crippen MR) is 197 cm³/mol. The van der Waals surface area contributed by atoms with Crippen molar-refractivity contribution < 1.29 is 29.0 Å². The van der Waals surface area contributed by atoms with Gasteiger partial charge in [0.15, 0.2) is 23.1 Å². The van der Waals surface area contributed by atoms with E-state index >= 15 is 0 Å². The summed E-state index contributed by atoms with van der Waals surface area (Å²) in [6.45, 7) is 11.1. The van der Waals surface area contributed by atoms with Crippen LogP contribution in [0, 0.1) is 21.7 Å². The van der Waals surface area contributed by atoms with E-state index in [1.807, 2.05) is 139 Å². The smallest absolute Gasteiger partial charge is 0.171 e. The molecule has 4 aromatic rings. The summed E-state index contributed by atoms with van der Waals surface area (Å²) >= 11 is 0. The van der Waals surface area contributed by atoms with Gasteiger partial charge < -0.3 is 0 Å². The molecule has 0 N–H and O–H groups in total. The van der Waals surface area contributed by atoms with Crippen molar-refractivity contribution in [3.8, 4) is 0 Å². The first-order valence-electron chi connectivity index (χ1n) is 17.3. The fourth-order valence-electron chi connectivity index (χ4n) is 6.09. The molecule has 0 aliphatic carbocycles. The maximum Gasteiger partial charge on any atom is 0.171 e. The molecule has 0 aromatic heterocycles. The van der Waals surface area contributed by atoms with Crippen molar-refractivity contribution in [1.29, 1.82) is 0 Å². The second-order valence-electron chi connectivity index (χ2n) is 15.2. The lowest BCUT2D eigenvalue weighted by molar-refractivity contribution is -0.316. The van der Waals surface area contributed by atoms with Gasteiger partial charge in [-0.2, -0.15) is 0 Å². The van der Waals surface area contributed by atoms with E-state index in [4.69, 9.17) is 9.78 Å². The minimum Gasteiger partial charge on any atom is -0.294 e. The monoisotopic (exact) mass is 674 g/mol. The summed E-state index contributed by atoms with van der Waals surface area (Å²) in [4.78, 5) is 66.6. The van der Waals surface area contributed by atoms with Crippen molar-refractivity contribution in [1.82, 2.24) is 0 Å². The summed E-state index contributed by atoms with van der Waals surface area (Å²) < 4.78 is 0. The van der Waals surface area contributed by atoms with Crippen LogP contribution >= 0.6 is 0 Å². The van der Waals surface area contributed by atoms with E-state index in [1.165, 1.54) is 0 Å². The van der Waals surface area contributed by atoms with Gasteiger partial charge in [-0.3, -0.25) is 19.2 Å². The largest absolute Gasteiger partial charge is 0.294 e. The Morgan fingerprint density at radius 2 is 0.620 bits per heavy atom. The van der Waals surface area contributed by atoms with Gasteiger partial charge in [0.05, 0.1) is 24.0 Å². The summed E-state index contributed by atoms with van der Waals surface area (Å²) in [6, 6.07) is 36.4. The number of rotatable bonds is 19. The van der Waals surface area contributed by atoms with Gasteiger partial charge in [0.25, 0.3) is 0 Å². The van der Waals surface area contributed by atoms with Crippen LogP contribution in [-0.2, 0) is 9.78 Å². The van der Waals surface area contributed by atoms with Gasteiger partial charge in [-0.05, 0) is 39.5 Å². The second-order valence-corrected chi connectivity index (χ2v) is 15.2. The first-order valence-corrected chi connectivity index (χ1v) is 17.3. The number of hydrogen-bond acceptors (Lipinski definition) is 6. The number of carbonyl (C=O) groups is 4. The highest BCUT2D eigenvalue weighted by molar-refractivity contribution is 6.02. The van der Waals surface area contributed by atoms with E-state index in [1.54, 1.807) is 24.3 Å². The third kappa shape index (κ3) is 9.58. The Hall–Kier alpha value is -4.52. The lowest BCUT2D eigenvalue weighted by atomic mass is 9.72. The van der Waals surface area contributed by atoms with Crippen LogP contribution in [0.5, 0.6) is 0 Å². The second kappa shape index (κ2) is 16.5. The van der Waals surface area contributed by atoms with Crippen LogP contribution in [0.25, 0.3) is 0 Å². The molecular formula is C44H50O6. The van der Waals surface area contributed by atoms with Gasteiger partial charge in [0.1, 0.15) is 0 Å². The van der Waals surface area contributed by atoms with Crippen LogP contribution in [0.4, 0.5) is 0 Å². The van der Waals surface area contributed by atoms with Gasteiger partial charge in [-0.15, -0.1) is 0 Å². The zero-order valence-corrected chi connectivity index (χ0v) is 30.2. The first kappa shape index (κ1) is 38.3. The molecule has 0 aliphatic rings. The molecule has 262 valence electrons. The first-order chi connectivity index (χ1) is 23.7. The molecule has 2 atom stereocenters. The lowest BCUT2D eigenvalue weighted by Gasteiger charge is -2.33. The number of benzene rings is 4. The van der Waals surface area contributed by atoms with Crippen LogP contribution in [0.1, 0.15) is 109 Å². The van der Waals surface area contributed by atoms with Crippen LogP contribution in [0.15, 0.2) is 121 Å². The zero-order valence-electron chi connectivity index (χ0n) is 30.2. The van der Waals surface area contributed by atoms with E-state index in [2.05, 4.69) is 0 Å². The molecule has 0 amide bonds. The Morgan fingerprint density at radius 1 is 0.380 bits per heavy atom. The van der Waals surface area contributed by atoms with E-state index in [9.17, 15) is 19.2 Å². The maximum atomic E-state index is 14.0. The molecule has 50 heavy (non-hydrogen) atoms. The topological polar surface area (TPSA) is 86.7 Å². The van der Waals surface area contributed by atoms with Crippen LogP contribution in [0.3, 0.4) is 0 Å². The normalized spacial score (nSPS) is 14.3. The number of carbonyl (C=O) groups excluding carboxylic acids is 4. The highest BCUT2D eigenvalue weighted by Crippen LogP contribution is 2.38. The fourth-order valence-corrected chi connectivity index (χ4v) is 6.09. The van der Waals surface area contributed by atoms with Crippen molar-refractivity contribution in [2.75, 3.05) is 13.2 Å². The Labute approximate surface area is 297 Å². The highest BCUT2D eigenvalue weighted by Gasteiger charge is 2.41. The number of Topliss-reactive ketones (excluding diaryl/α,β-unsaturated/α-hetero) is 4.